The van der Waals surface area contributed by atoms with Crippen LogP contribution in [-0.2, 0) is 16.6 Å². The smallest absolute Gasteiger partial charge is 0.211 e. The van der Waals surface area contributed by atoms with E-state index in [9.17, 15) is 8.42 Å². The van der Waals surface area contributed by atoms with Crippen LogP contribution in [0, 0.1) is 4.77 Å². The summed E-state index contributed by atoms with van der Waals surface area (Å²) in [6.45, 7) is 3.94. The highest BCUT2D eigenvalue weighted by molar-refractivity contribution is 7.88. The van der Waals surface area contributed by atoms with Crippen molar-refractivity contribution in [3.8, 4) is 0 Å². The van der Waals surface area contributed by atoms with Crippen molar-refractivity contribution in [1.82, 2.24) is 19.1 Å². The van der Waals surface area contributed by atoms with Gasteiger partial charge in [0, 0.05) is 25.6 Å². The molecule has 0 unspecified atom stereocenters. The quantitative estimate of drug-likeness (QED) is 0.846. The summed E-state index contributed by atoms with van der Waals surface area (Å²) in [5, 5.41) is 7.09. The van der Waals surface area contributed by atoms with Crippen molar-refractivity contribution in [2.24, 2.45) is 0 Å². The minimum atomic E-state index is -3.06. The molecule has 1 aromatic rings. The maximum atomic E-state index is 11.4. The number of aromatic amines is 1. The van der Waals surface area contributed by atoms with Gasteiger partial charge in [-0.2, -0.15) is 5.10 Å². The van der Waals surface area contributed by atoms with Gasteiger partial charge < -0.3 is 4.57 Å². The van der Waals surface area contributed by atoms with Crippen molar-refractivity contribution in [2.75, 3.05) is 19.3 Å². The standard InChI is InChI=1S/C10H18N4O2S2/c1-3-14-9(11-12-10(14)17)8-4-6-13(7-5-8)18(2,15)16/h8H,3-7H2,1-2H3,(H,12,17). The van der Waals surface area contributed by atoms with Crippen LogP contribution in [0.25, 0.3) is 0 Å². The van der Waals surface area contributed by atoms with Crippen molar-refractivity contribution >= 4 is 22.2 Å². The molecule has 1 aliphatic heterocycles. The first-order chi connectivity index (χ1) is 8.43. The predicted molar refractivity (Wildman–Crippen MR) is 71.5 cm³/mol. The van der Waals surface area contributed by atoms with Gasteiger partial charge in [0.25, 0.3) is 0 Å². The SMILES string of the molecule is CCn1c(C2CCN(S(C)(=O)=O)CC2)n[nH]c1=S. The van der Waals surface area contributed by atoms with Crippen molar-refractivity contribution in [3.63, 3.8) is 0 Å². The Hall–Kier alpha value is -0.730. The zero-order chi connectivity index (χ0) is 13.3. The lowest BCUT2D eigenvalue weighted by atomic mass is 9.97. The molecule has 0 radical (unpaired) electrons. The summed E-state index contributed by atoms with van der Waals surface area (Å²) in [6.07, 6.45) is 2.86. The van der Waals surface area contributed by atoms with Gasteiger partial charge in [0.2, 0.25) is 10.0 Å². The Morgan fingerprint density at radius 3 is 2.56 bits per heavy atom. The van der Waals surface area contributed by atoms with Gasteiger partial charge in [-0.15, -0.1) is 0 Å². The van der Waals surface area contributed by atoms with Crippen molar-refractivity contribution in [2.45, 2.75) is 32.2 Å². The number of piperidine rings is 1. The molecule has 6 nitrogen and oxygen atoms in total. The fourth-order valence-electron chi connectivity index (χ4n) is 2.39. The van der Waals surface area contributed by atoms with Gasteiger partial charge in [-0.05, 0) is 32.0 Å². The lowest BCUT2D eigenvalue weighted by Crippen LogP contribution is -2.37. The first-order valence-electron chi connectivity index (χ1n) is 6.03. The summed E-state index contributed by atoms with van der Waals surface area (Å²) in [6, 6.07) is 0. The van der Waals surface area contributed by atoms with Crippen LogP contribution >= 0.6 is 12.2 Å². The van der Waals surface area contributed by atoms with Gasteiger partial charge in [-0.25, -0.2) is 12.7 Å². The molecule has 0 atom stereocenters. The van der Waals surface area contributed by atoms with Crippen molar-refractivity contribution in [1.29, 1.82) is 0 Å². The average Bonchev–Trinajstić information content (AvgIpc) is 2.69. The Morgan fingerprint density at radius 1 is 1.44 bits per heavy atom. The van der Waals surface area contributed by atoms with E-state index in [0.717, 1.165) is 25.2 Å². The Labute approximate surface area is 112 Å². The molecule has 2 rings (SSSR count). The number of aromatic nitrogens is 3. The molecule has 1 fully saturated rings. The highest BCUT2D eigenvalue weighted by Gasteiger charge is 2.28. The molecule has 0 bridgehead atoms. The molecule has 0 spiro atoms. The van der Waals surface area contributed by atoms with Crippen molar-refractivity contribution < 1.29 is 8.42 Å². The topological polar surface area (TPSA) is 71.0 Å². The van der Waals surface area contributed by atoms with E-state index < -0.39 is 10.0 Å². The molecule has 0 amide bonds. The normalized spacial score (nSPS) is 19.2. The van der Waals surface area contributed by atoms with Crippen LogP contribution in [0.1, 0.15) is 31.5 Å². The molecule has 0 aliphatic carbocycles. The van der Waals surface area contributed by atoms with Crippen LogP contribution in [0.2, 0.25) is 0 Å². The third kappa shape index (κ3) is 2.65. The van der Waals surface area contributed by atoms with Gasteiger partial charge in [0.15, 0.2) is 4.77 Å². The number of nitrogens with zero attached hydrogens (tertiary/aromatic N) is 3. The van der Waals surface area contributed by atoms with E-state index in [4.69, 9.17) is 12.2 Å². The van der Waals surface area contributed by atoms with E-state index in [2.05, 4.69) is 10.2 Å². The second kappa shape index (κ2) is 5.10. The number of rotatable bonds is 3. The summed E-state index contributed by atoms with van der Waals surface area (Å²) < 4.78 is 27.0. The van der Waals surface area contributed by atoms with Gasteiger partial charge >= 0.3 is 0 Å². The average molecular weight is 290 g/mol. The molecule has 8 heteroatoms. The minimum absolute atomic E-state index is 0.288. The van der Waals surface area contributed by atoms with Crippen LogP contribution < -0.4 is 0 Å². The molecule has 1 aliphatic rings. The Balaban J connectivity index is 2.12. The minimum Gasteiger partial charge on any atom is -0.304 e. The summed E-state index contributed by atoms with van der Waals surface area (Å²) >= 11 is 5.16. The molecule has 1 N–H and O–H groups in total. The van der Waals surface area contributed by atoms with Crippen LogP contribution in [0.5, 0.6) is 0 Å². The highest BCUT2D eigenvalue weighted by atomic mass is 32.2. The maximum Gasteiger partial charge on any atom is 0.211 e. The third-order valence-corrected chi connectivity index (χ3v) is 5.01. The fourth-order valence-corrected chi connectivity index (χ4v) is 3.54. The molecule has 2 heterocycles. The van der Waals surface area contributed by atoms with Crippen molar-refractivity contribution in [3.05, 3.63) is 10.6 Å². The largest absolute Gasteiger partial charge is 0.304 e. The first kappa shape index (κ1) is 13.7. The van der Waals surface area contributed by atoms with E-state index in [-0.39, 0.29) is 5.92 Å². The number of H-pyrrole nitrogens is 1. The molecule has 0 saturated carbocycles. The van der Waals surface area contributed by atoms with Gasteiger partial charge in [-0.1, -0.05) is 0 Å². The summed E-state index contributed by atoms with van der Waals surface area (Å²) in [7, 11) is -3.06. The number of hydrogen-bond acceptors (Lipinski definition) is 4. The molecular formula is C10H18N4O2S2. The Bertz CT molecular complexity index is 567. The zero-order valence-corrected chi connectivity index (χ0v) is 12.2. The highest BCUT2D eigenvalue weighted by Crippen LogP contribution is 2.27. The maximum absolute atomic E-state index is 11.4. The van der Waals surface area contributed by atoms with E-state index in [1.807, 2.05) is 11.5 Å². The predicted octanol–water partition coefficient (Wildman–Crippen LogP) is 1.10. The number of hydrogen-bond donors (Lipinski definition) is 1. The first-order valence-corrected chi connectivity index (χ1v) is 8.29. The van der Waals surface area contributed by atoms with Crippen LogP contribution in [0.3, 0.4) is 0 Å². The molecule has 0 aromatic carbocycles. The molecule has 1 aromatic heterocycles. The van der Waals surface area contributed by atoms with Gasteiger partial charge in [0.05, 0.1) is 6.26 Å². The third-order valence-electron chi connectivity index (χ3n) is 3.39. The van der Waals surface area contributed by atoms with Crippen LogP contribution in [0.4, 0.5) is 0 Å². The second-order valence-electron chi connectivity index (χ2n) is 4.57. The van der Waals surface area contributed by atoms with E-state index in [0.29, 0.717) is 17.9 Å². The Kier molecular flexibility index (Phi) is 3.88. The van der Waals surface area contributed by atoms with Gasteiger partial charge in [0.1, 0.15) is 5.82 Å². The summed E-state index contributed by atoms with van der Waals surface area (Å²) in [5.41, 5.74) is 0. The van der Waals surface area contributed by atoms with E-state index in [1.165, 1.54) is 10.6 Å². The molecule has 18 heavy (non-hydrogen) atoms. The summed E-state index contributed by atoms with van der Waals surface area (Å²) in [5.74, 6) is 1.24. The zero-order valence-electron chi connectivity index (χ0n) is 10.6. The lowest BCUT2D eigenvalue weighted by Gasteiger charge is -2.29. The Morgan fingerprint density at radius 2 is 2.06 bits per heavy atom. The summed E-state index contributed by atoms with van der Waals surface area (Å²) in [4.78, 5) is 0. The van der Waals surface area contributed by atoms with E-state index >= 15 is 0 Å². The monoisotopic (exact) mass is 290 g/mol. The molecule has 102 valence electrons. The fraction of sp³-hybridized carbons (Fsp3) is 0.800. The van der Waals surface area contributed by atoms with Crippen LogP contribution in [-0.4, -0.2) is 46.8 Å². The number of sulfonamides is 1. The lowest BCUT2D eigenvalue weighted by molar-refractivity contribution is 0.311. The number of nitrogens with one attached hydrogen (secondary N) is 1. The molecular weight excluding hydrogens is 272 g/mol. The second-order valence-corrected chi connectivity index (χ2v) is 6.94. The van der Waals surface area contributed by atoms with Gasteiger partial charge in [-0.3, -0.25) is 5.10 Å². The van der Waals surface area contributed by atoms with E-state index in [1.54, 1.807) is 0 Å². The molecule has 1 saturated heterocycles. The van der Waals surface area contributed by atoms with Crippen LogP contribution in [0.15, 0.2) is 0 Å².